The molecule has 2 aromatic rings. The van der Waals surface area contributed by atoms with Gasteiger partial charge in [0.05, 0.1) is 12.2 Å². The molecule has 0 aliphatic carbocycles. The summed E-state index contributed by atoms with van der Waals surface area (Å²) in [6, 6.07) is 17.3. The average molecular weight is 280 g/mol. The number of hydrogen-bond acceptors (Lipinski definition) is 3. The van der Waals surface area contributed by atoms with Crippen LogP contribution in [0, 0.1) is 0 Å². The molecule has 0 heterocycles. The monoisotopic (exact) mass is 280 g/mol. The van der Waals surface area contributed by atoms with E-state index < -0.39 is 5.97 Å². The number of rotatable bonds is 5. The first kappa shape index (κ1) is 14.7. The van der Waals surface area contributed by atoms with Crippen LogP contribution >= 0.6 is 0 Å². The van der Waals surface area contributed by atoms with Crippen molar-refractivity contribution in [2.45, 2.75) is 6.92 Å². The zero-order valence-corrected chi connectivity index (χ0v) is 11.8. The molecule has 0 N–H and O–H groups in total. The van der Waals surface area contributed by atoms with E-state index in [1.807, 2.05) is 48.5 Å². The van der Waals surface area contributed by atoms with E-state index in [0.29, 0.717) is 11.8 Å². The maximum absolute atomic E-state index is 11.9. The fourth-order valence-corrected chi connectivity index (χ4v) is 2.06. The maximum atomic E-state index is 11.9. The summed E-state index contributed by atoms with van der Waals surface area (Å²) in [7, 11) is 0. The molecule has 0 atom stereocenters. The van der Waals surface area contributed by atoms with Gasteiger partial charge in [0.25, 0.3) is 0 Å². The zero-order chi connectivity index (χ0) is 15.1. The molecule has 21 heavy (non-hydrogen) atoms. The molecule has 0 fully saturated rings. The Bertz CT molecular complexity index is 657. The smallest absolute Gasteiger partial charge is 0.338 e. The number of allylic oxidation sites excluding steroid dienone is 1. The highest BCUT2D eigenvalue weighted by Crippen LogP contribution is 2.24. The summed E-state index contributed by atoms with van der Waals surface area (Å²) in [5, 5.41) is 0. The third-order valence-electron chi connectivity index (χ3n) is 3.01. The van der Waals surface area contributed by atoms with Crippen LogP contribution < -0.4 is 0 Å². The van der Waals surface area contributed by atoms with Crippen LogP contribution in [-0.2, 0) is 14.3 Å². The Labute approximate surface area is 123 Å². The van der Waals surface area contributed by atoms with Crippen LogP contribution in [0.3, 0.4) is 0 Å². The van der Waals surface area contributed by atoms with Gasteiger partial charge in [-0.25, -0.2) is 4.79 Å². The van der Waals surface area contributed by atoms with Gasteiger partial charge in [0.15, 0.2) is 0 Å². The van der Waals surface area contributed by atoms with E-state index in [1.165, 1.54) is 6.08 Å². The minimum Gasteiger partial charge on any atom is -0.462 e. The van der Waals surface area contributed by atoms with Crippen LogP contribution in [0.25, 0.3) is 16.7 Å². The van der Waals surface area contributed by atoms with Crippen LogP contribution in [0.4, 0.5) is 0 Å². The number of carbonyl (C=O) groups excluding carboxylic acids is 2. The van der Waals surface area contributed by atoms with Gasteiger partial charge in [-0.1, -0.05) is 48.5 Å². The summed E-state index contributed by atoms with van der Waals surface area (Å²) in [6.07, 6.45) is 1.84. The second-order valence-corrected chi connectivity index (χ2v) is 4.38. The lowest BCUT2D eigenvalue weighted by molar-refractivity contribution is -0.136. The van der Waals surface area contributed by atoms with Crippen LogP contribution in [0.2, 0.25) is 0 Å². The van der Waals surface area contributed by atoms with E-state index in [2.05, 4.69) is 0 Å². The maximum Gasteiger partial charge on any atom is 0.338 e. The Hall–Kier alpha value is -2.68. The Morgan fingerprint density at radius 3 is 2.43 bits per heavy atom. The molecule has 0 unspecified atom stereocenters. The number of esters is 1. The third kappa shape index (κ3) is 3.66. The van der Waals surface area contributed by atoms with Crippen molar-refractivity contribution >= 4 is 17.8 Å². The summed E-state index contributed by atoms with van der Waals surface area (Å²) < 4.78 is 4.99. The minimum atomic E-state index is -0.491. The second kappa shape index (κ2) is 7.20. The zero-order valence-electron chi connectivity index (χ0n) is 11.8. The van der Waals surface area contributed by atoms with E-state index in [-0.39, 0.29) is 12.2 Å². The van der Waals surface area contributed by atoms with Gasteiger partial charge in [-0.05, 0) is 35.8 Å². The lowest BCUT2D eigenvalue weighted by atomic mass is 9.99. The molecule has 0 saturated carbocycles. The van der Waals surface area contributed by atoms with E-state index in [4.69, 9.17) is 4.74 Å². The second-order valence-electron chi connectivity index (χ2n) is 4.38. The Morgan fingerprint density at radius 2 is 1.76 bits per heavy atom. The van der Waals surface area contributed by atoms with Crippen molar-refractivity contribution in [3.63, 3.8) is 0 Å². The topological polar surface area (TPSA) is 43.4 Å². The van der Waals surface area contributed by atoms with Crippen molar-refractivity contribution in [1.29, 1.82) is 0 Å². The van der Waals surface area contributed by atoms with Crippen LogP contribution in [0.1, 0.15) is 12.5 Å². The van der Waals surface area contributed by atoms with Gasteiger partial charge >= 0.3 is 5.97 Å². The van der Waals surface area contributed by atoms with Crippen LogP contribution in [0.15, 0.2) is 60.7 Å². The van der Waals surface area contributed by atoms with Gasteiger partial charge in [-0.3, -0.25) is 4.79 Å². The normalized spacial score (nSPS) is 11.0. The van der Waals surface area contributed by atoms with Crippen molar-refractivity contribution in [3.05, 3.63) is 66.2 Å². The number of benzene rings is 2. The Balaban J connectivity index is 2.41. The predicted molar refractivity (Wildman–Crippen MR) is 82.6 cm³/mol. The standard InChI is InChI=1S/C18H16O3/c1-2-21-18(20)17(11-12-19)16-10-6-9-15(13-16)14-7-4-3-5-8-14/h3-13H,2H2,1H3. The largest absolute Gasteiger partial charge is 0.462 e. The summed E-state index contributed by atoms with van der Waals surface area (Å²) in [4.78, 5) is 22.7. The van der Waals surface area contributed by atoms with Crippen molar-refractivity contribution in [2.24, 2.45) is 0 Å². The molecule has 3 heteroatoms. The Morgan fingerprint density at radius 1 is 1.05 bits per heavy atom. The van der Waals surface area contributed by atoms with Crippen LogP contribution in [0.5, 0.6) is 0 Å². The average Bonchev–Trinajstić information content (AvgIpc) is 2.54. The molecule has 0 radical (unpaired) electrons. The van der Waals surface area contributed by atoms with Gasteiger partial charge in [-0.2, -0.15) is 0 Å². The summed E-state index contributed by atoms with van der Waals surface area (Å²) in [6.45, 7) is 2.00. The number of aldehydes is 1. The quantitative estimate of drug-likeness (QED) is 0.478. The highest BCUT2D eigenvalue weighted by Gasteiger charge is 2.13. The molecule has 2 rings (SSSR count). The molecule has 106 valence electrons. The van der Waals surface area contributed by atoms with E-state index >= 15 is 0 Å². The highest BCUT2D eigenvalue weighted by atomic mass is 16.5. The van der Waals surface area contributed by atoms with Crippen LogP contribution in [-0.4, -0.2) is 18.9 Å². The molecule has 0 aliphatic heterocycles. The highest BCUT2D eigenvalue weighted by molar-refractivity contribution is 6.19. The molecular formula is C18H16O3. The SMILES string of the molecule is CCOC(=O)C(=CC=O)c1cccc(-c2ccccc2)c1. The number of carbonyl (C=O) groups is 2. The first-order valence-electron chi connectivity index (χ1n) is 6.74. The van der Waals surface area contributed by atoms with E-state index in [0.717, 1.165) is 11.1 Å². The lowest BCUT2D eigenvalue weighted by Gasteiger charge is -2.08. The van der Waals surface area contributed by atoms with Crippen molar-refractivity contribution < 1.29 is 14.3 Å². The van der Waals surface area contributed by atoms with E-state index in [1.54, 1.807) is 13.0 Å². The van der Waals surface area contributed by atoms with Gasteiger partial charge in [0.1, 0.15) is 6.29 Å². The summed E-state index contributed by atoms with van der Waals surface area (Å²) >= 11 is 0. The minimum absolute atomic E-state index is 0.268. The molecule has 0 bridgehead atoms. The molecule has 0 aromatic heterocycles. The number of ether oxygens (including phenoxy) is 1. The molecular weight excluding hydrogens is 264 g/mol. The van der Waals surface area contributed by atoms with E-state index in [9.17, 15) is 9.59 Å². The number of hydrogen-bond donors (Lipinski definition) is 0. The fourth-order valence-electron chi connectivity index (χ4n) is 2.06. The molecule has 0 spiro atoms. The summed E-state index contributed by atoms with van der Waals surface area (Å²) in [5.41, 5.74) is 2.97. The van der Waals surface area contributed by atoms with Crippen molar-refractivity contribution in [3.8, 4) is 11.1 Å². The molecule has 0 amide bonds. The fraction of sp³-hybridized carbons (Fsp3) is 0.111. The van der Waals surface area contributed by atoms with Gasteiger partial charge < -0.3 is 4.74 Å². The predicted octanol–water partition coefficient (Wildman–Crippen LogP) is 3.50. The first-order valence-corrected chi connectivity index (χ1v) is 6.74. The first-order chi connectivity index (χ1) is 10.3. The van der Waals surface area contributed by atoms with Crippen molar-refractivity contribution in [1.82, 2.24) is 0 Å². The van der Waals surface area contributed by atoms with Gasteiger partial charge in [0, 0.05) is 0 Å². The van der Waals surface area contributed by atoms with Crippen molar-refractivity contribution in [2.75, 3.05) is 6.61 Å². The molecule has 0 aliphatic rings. The summed E-state index contributed by atoms with van der Waals surface area (Å²) in [5.74, 6) is -0.491. The molecule has 2 aromatic carbocycles. The molecule has 0 saturated heterocycles. The Kier molecular flexibility index (Phi) is 5.04. The third-order valence-corrected chi connectivity index (χ3v) is 3.01. The lowest BCUT2D eigenvalue weighted by Crippen LogP contribution is -2.07. The molecule has 3 nitrogen and oxygen atoms in total. The van der Waals surface area contributed by atoms with Gasteiger partial charge in [-0.15, -0.1) is 0 Å². The van der Waals surface area contributed by atoms with Gasteiger partial charge in [0.2, 0.25) is 0 Å².